The van der Waals surface area contributed by atoms with Gasteiger partial charge >= 0.3 is 0 Å². The van der Waals surface area contributed by atoms with Crippen molar-refractivity contribution < 1.29 is 14.3 Å². The van der Waals surface area contributed by atoms with Crippen molar-refractivity contribution in [2.45, 2.75) is 25.5 Å². The second-order valence-corrected chi connectivity index (χ2v) is 8.39. The minimum absolute atomic E-state index is 0.0624. The van der Waals surface area contributed by atoms with Gasteiger partial charge in [0.05, 0.1) is 7.11 Å². The number of aliphatic imine (C=N–C) groups is 1. The number of nitrogens with one attached hydrogen (secondary N) is 1. The van der Waals surface area contributed by atoms with E-state index in [1.165, 1.54) is 16.7 Å². The first-order chi connectivity index (χ1) is 13.8. The van der Waals surface area contributed by atoms with Gasteiger partial charge in [0.2, 0.25) is 11.8 Å². The molecule has 8 heteroatoms. The SMILES string of the molecule is COc1ccc(Cl)cc1N=C1S[C@H](CC(=O)Nc2cc(C)ccc2C)C(=O)N1C. The predicted octanol–water partition coefficient (Wildman–Crippen LogP) is 4.56. The summed E-state index contributed by atoms with van der Waals surface area (Å²) in [6.45, 7) is 3.90. The van der Waals surface area contributed by atoms with Gasteiger partial charge in [-0.05, 0) is 49.2 Å². The second-order valence-electron chi connectivity index (χ2n) is 6.78. The highest BCUT2D eigenvalue weighted by atomic mass is 35.5. The van der Waals surface area contributed by atoms with Crippen LogP contribution in [0.4, 0.5) is 11.4 Å². The Morgan fingerprint density at radius 2 is 2.03 bits per heavy atom. The number of nitrogens with zero attached hydrogens (tertiary/aromatic N) is 2. The summed E-state index contributed by atoms with van der Waals surface area (Å²) in [5.74, 6) is 0.185. The Morgan fingerprint density at radius 1 is 1.28 bits per heavy atom. The molecule has 2 amide bonds. The molecule has 29 heavy (non-hydrogen) atoms. The van der Waals surface area contributed by atoms with Gasteiger partial charge in [-0.1, -0.05) is 35.5 Å². The topological polar surface area (TPSA) is 71.0 Å². The van der Waals surface area contributed by atoms with Crippen LogP contribution in [0.25, 0.3) is 0 Å². The van der Waals surface area contributed by atoms with E-state index in [4.69, 9.17) is 16.3 Å². The average molecular weight is 432 g/mol. The van der Waals surface area contributed by atoms with Crippen molar-refractivity contribution in [3.63, 3.8) is 0 Å². The molecule has 2 aromatic carbocycles. The molecule has 1 aliphatic heterocycles. The van der Waals surface area contributed by atoms with Gasteiger partial charge in [-0.15, -0.1) is 0 Å². The fraction of sp³-hybridized carbons (Fsp3) is 0.286. The quantitative estimate of drug-likeness (QED) is 0.753. The number of amidine groups is 1. The summed E-state index contributed by atoms with van der Waals surface area (Å²) in [6, 6.07) is 11.0. The number of aryl methyl sites for hydroxylation is 2. The number of carbonyl (C=O) groups excluding carboxylic acids is 2. The van der Waals surface area contributed by atoms with Crippen LogP contribution >= 0.6 is 23.4 Å². The summed E-state index contributed by atoms with van der Waals surface area (Å²) in [6.07, 6.45) is 0.0624. The Balaban J connectivity index is 1.74. The van der Waals surface area contributed by atoms with Crippen molar-refractivity contribution >= 4 is 51.7 Å². The Morgan fingerprint density at radius 3 is 2.76 bits per heavy atom. The van der Waals surface area contributed by atoms with Crippen molar-refractivity contribution in [1.82, 2.24) is 4.90 Å². The van der Waals surface area contributed by atoms with Gasteiger partial charge in [0.1, 0.15) is 16.7 Å². The summed E-state index contributed by atoms with van der Waals surface area (Å²) >= 11 is 7.32. The Hall–Kier alpha value is -2.51. The molecule has 0 unspecified atom stereocenters. The van der Waals surface area contributed by atoms with Gasteiger partial charge < -0.3 is 10.1 Å². The van der Waals surface area contributed by atoms with Crippen LogP contribution in [0, 0.1) is 13.8 Å². The highest BCUT2D eigenvalue weighted by molar-refractivity contribution is 8.15. The number of ether oxygens (including phenoxy) is 1. The van der Waals surface area contributed by atoms with Crippen LogP contribution in [0.1, 0.15) is 17.5 Å². The molecular formula is C21H22ClN3O3S. The van der Waals surface area contributed by atoms with Crippen molar-refractivity contribution in [3.8, 4) is 5.75 Å². The van der Waals surface area contributed by atoms with E-state index in [2.05, 4.69) is 10.3 Å². The van der Waals surface area contributed by atoms with E-state index in [9.17, 15) is 9.59 Å². The van der Waals surface area contributed by atoms with Crippen LogP contribution in [0.15, 0.2) is 41.4 Å². The Labute approximate surface area is 179 Å². The van der Waals surface area contributed by atoms with Crippen molar-refractivity contribution in [2.75, 3.05) is 19.5 Å². The number of methoxy groups -OCH3 is 1. The molecule has 152 valence electrons. The number of carbonyl (C=O) groups is 2. The van der Waals surface area contributed by atoms with E-state index in [1.54, 1.807) is 32.4 Å². The monoisotopic (exact) mass is 431 g/mol. The van der Waals surface area contributed by atoms with E-state index in [1.807, 2.05) is 32.0 Å². The maximum Gasteiger partial charge on any atom is 0.242 e. The van der Waals surface area contributed by atoms with Gasteiger partial charge in [0.25, 0.3) is 0 Å². The molecule has 0 spiro atoms. The maximum atomic E-state index is 12.6. The average Bonchev–Trinajstić information content (AvgIpc) is 2.93. The lowest BCUT2D eigenvalue weighted by atomic mass is 10.1. The molecule has 0 radical (unpaired) electrons. The van der Waals surface area contributed by atoms with E-state index < -0.39 is 5.25 Å². The normalized spacial score (nSPS) is 17.7. The molecular weight excluding hydrogens is 410 g/mol. The zero-order chi connectivity index (χ0) is 21.1. The molecule has 0 saturated carbocycles. The molecule has 6 nitrogen and oxygen atoms in total. The second kappa shape index (κ2) is 8.88. The van der Waals surface area contributed by atoms with Gasteiger partial charge in [0, 0.05) is 24.2 Å². The summed E-state index contributed by atoms with van der Waals surface area (Å²) in [5, 5.41) is 3.39. The molecule has 1 saturated heterocycles. The molecule has 0 aromatic heterocycles. The van der Waals surface area contributed by atoms with Crippen LogP contribution in [0.2, 0.25) is 5.02 Å². The zero-order valence-corrected chi connectivity index (χ0v) is 18.2. The molecule has 0 aliphatic carbocycles. The fourth-order valence-electron chi connectivity index (χ4n) is 2.89. The number of amides is 2. The van der Waals surface area contributed by atoms with E-state index in [0.29, 0.717) is 21.6 Å². The number of halogens is 1. The van der Waals surface area contributed by atoms with Gasteiger partial charge in [-0.25, -0.2) is 4.99 Å². The van der Waals surface area contributed by atoms with Gasteiger partial charge in [-0.3, -0.25) is 14.5 Å². The number of hydrogen-bond donors (Lipinski definition) is 1. The standard InChI is InChI=1S/C21H22ClN3O3S/c1-12-5-6-13(2)15(9-12)23-19(26)11-18-20(27)25(3)21(29-18)24-16-10-14(22)7-8-17(16)28-4/h5-10,18H,11H2,1-4H3,(H,23,26)/t18-/m1/s1. The molecule has 1 N–H and O–H groups in total. The number of rotatable bonds is 5. The van der Waals surface area contributed by atoms with Gasteiger partial charge in [-0.2, -0.15) is 0 Å². The third kappa shape index (κ3) is 4.92. The van der Waals surface area contributed by atoms with Gasteiger partial charge in [0.15, 0.2) is 5.17 Å². The van der Waals surface area contributed by atoms with E-state index >= 15 is 0 Å². The fourth-order valence-corrected chi connectivity index (χ4v) is 4.20. The Kier molecular flexibility index (Phi) is 6.49. The molecule has 2 aromatic rings. The minimum Gasteiger partial charge on any atom is -0.494 e. The van der Waals surface area contributed by atoms with Crippen LogP contribution in [0.3, 0.4) is 0 Å². The molecule has 1 fully saturated rings. The first kappa shape index (κ1) is 21.2. The number of anilines is 1. The molecule has 3 rings (SSSR count). The van der Waals surface area contributed by atoms with Crippen LogP contribution < -0.4 is 10.1 Å². The molecule has 1 atom stereocenters. The lowest BCUT2D eigenvalue weighted by molar-refractivity contribution is -0.127. The Bertz CT molecular complexity index is 993. The molecule has 1 aliphatic rings. The third-order valence-corrected chi connectivity index (χ3v) is 6.00. The first-order valence-electron chi connectivity index (χ1n) is 9.02. The lowest BCUT2D eigenvalue weighted by Gasteiger charge is -2.11. The largest absolute Gasteiger partial charge is 0.494 e. The summed E-state index contributed by atoms with van der Waals surface area (Å²) in [4.78, 5) is 31.1. The van der Waals surface area contributed by atoms with Crippen LogP contribution in [-0.2, 0) is 9.59 Å². The highest BCUT2D eigenvalue weighted by Gasteiger charge is 2.37. The number of hydrogen-bond acceptors (Lipinski definition) is 5. The smallest absolute Gasteiger partial charge is 0.242 e. The van der Waals surface area contributed by atoms with Crippen LogP contribution in [0.5, 0.6) is 5.75 Å². The summed E-state index contributed by atoms with van der Waals surface area (Å²) in [7, 11) is 3.19. The predicted molar refractivity (Wildman–Crippen MR) is 118 cm³/mol. The number of thioether (sulfide) groups is 1. The molecule has 0 bridgehead atoms. The highest BCUT2D eigenvalue weighted by Crippen LogP contribution is 2.35. The lowest BCUT2D eigenvalue weighted by Crippen LogP contribution is -2.30. The summed E-state index contributed by atoms with van der Waals surface area (Å²) < 4.78 is 5.31. The maximum absolute atomic E-state index is 12.6. The van der Waals surface area contributed by atoms with Crippen molar-refractivity contribution in [3.05, 3.63) is 52.5 Å². The van der Waals surface area contributed by atoms with Crippen molar-refractivity contribution in [1.29, 1.82) is 0 Å². The van der Waals surface area contributed by atoms with Crippen LogP contribution in [-0.4, -0.2) is 41.3 Å². The van der Waals surface area contributed by atoms with Crippen molar-refractivity contribution in [2.24, 2.45) is 4.99 Å². The summed E-state index contributed by atoms with van der Waals surface area (Å²) in [5.41, 5.74) is 3.32. The first-order valence-corrected chi connectivity index (χ1v) is 10.3. The number of benzene rings is 2. The zero-order valence-electron chi connectivity index (χ0n) is 16.7. The third-order valence-electron chi connectivity index (χ3n) is 4.54. The van der Waals surface area contributed by atoms with E-state index in [0.717, 1.165) is 16.8 Å². The minimum atomic E-state index is -0.533. The molecule has 1 heterocycles. The van der Waals surface area contributed by atoms with E-state index in [-0.39, 0.29) is 18.2 Å².